The topological polar surface area (TPSA) is 78.9 Å². The summed E-state index contributed by atoms with van der Waals surface area (Å²) in [7, 11) is 0. The van der Waals surface area contributed by atoms with Gasteiger partial charge in [0.25, 0.3) is 5.91 Å². The largest absolute Gasteiger partial charge is 0.369 e. The number of carbonyl (C=O) groups is 1. The molecule has 22 heavy (non-hydrogen) atoms. The summed E-state index contributed by atoms with van der Waals surface area (Å²) in [6.45, 7) is 1.45. The SMILES string of the molecule is O=C1NCCCCNc2nc(ncc2Br)Nc2cccc1c2. The van der Waals surface area contributed by atoms with Crippen LogP contribution < -0.4 is 16.0 Å². The summed E-state index contributed by atoms with van der Waals surface area (Å²) < 4.78 is 0.826. The lowest BCUT2D eigenvalue weighted by Gasteiger charge is -2.12. The van der Waals surface area contributed by atoms with Gasteiger partial charge in [0.15, 0.2) is 0 Å². The zero-order valence-corrected chi connectivity index (χ0v) is 13.5. The number of hydrogen-bond acceptors (Lipinski definition) is 5. The normalized spacial score (nSPS) is 15.0. The third kappa shape index (κ3) is 3.54. The fourth-order valence-corrected chi connectivity index (χ4v) is 2.51. The summed E-state index contributed by atoms with van der Waals surface area (Å²) in [6, 6.07) is 7.30. The molecule has 4 bridgehead atoms. The van der Waals surface area contributed by atoms with Gasteiger partial charge in [-0.25, -0.2) is 4.98 Å². The number of nitrogens with one attached hydrogen (secondary N) is 3. The zero-order valence-electron chi connectivity index (χ0n) is 11.9. The first-order chi connectivity index (χ1) is 10.7. The molecule has 0 saturated carbocycles. The van der Waals surface area contributed by atoms with Crippen LogP contribution in [0.2, 0.25) is 0 Å². The van der Waals surface area contributed by atoms with Crippen LogP contribution in [0, 0.1) is 0 Å². The summed E-state index contributed by atoms with van der Waals surface area (Å²) in [5, 5.41) is 9.32. The minimum absolute atomic E-state index is 0.0638. The van der Waals surface area contributed by atoms with Gasteiger partial charge in [0.05, 0.1) is 4.47 Å². The Morgan fingerprint density at radius 1 is 1.14 bits per heavy atom. The predicted octanol–water partition coefficient (Wildman–Crippen LogP) is 2.92. The molecule has 0 unspecified atom stereocenters. The van der Waals surface area contributed by atoms with Gasteiger partial charge in [0, 0.05) is 30.5 Å². The van der Waals surface area contributed by atoms with Gasteiger partial charge in [-0.2, -0.15) is 4.98 Å². The van der Waals surface area contributed by atoms with E-state index >= 15 is 0 Å². The van der Waals surface area contributed by atoms with Crippen LogP contribution in [-0.4, -0.2) is 29.0 Å². The molecule has 1 aliphatic heterocycles. The average Bonchev–Trinajstić information content (AvgIpc) is 2.53. The molecule has 2 heterocycles. The molecule has 2 aromatic rings. The van der Waals surface area contributed by atoms with E-state index in [2.05, 4.69) is 41.8 Å². The van der Waals surface area contributed by atoms with Crippen molar-refractivity contribution in [1.82, 2.24) is 15.3 Å². The van der Waals surface area contributed by atoms with Crippen molar-refractivity contribution < 1.29 is 4.79 Å². The van der Waals surface area contributed by atoms with Crippen LogP contribution >= 0.6 is 15.9 Å². The Balaban J connectivity index is 1.93. The molecule has 1 aromatic carbocycles. The van der Waals surface area contributed by atoms with E-state index in [1.165, 1.54) is 0 Å². The highest BCUT2D eigenvalue weighted by Crippen LogP contribution is 2.22. The van der Waals surface area contributed by atoms with Gasteiger partial charge in [-0.1, -0.05) is 6.07 Å². The molecule has 0 aliphatic carbocycles. The van der Waals surface area contributed by atoms with E-state index in [1.54, 1.807) is 18.3 Å². The highest BCUT2D eigenvalue weighted by molar-refractivity contribution is 9.10. The Bertz CT molecular complexity index is 691. The number of anilines is 3. The van der Waals surface area contributed by atoms with E-state index in [-0.39, 0.29) is 5.91 Å². The van der Waals surface area contributed by atoms with Crippen molar-refractivity contribution in [2.24, 2.45) is 0 Å². The molecule has 0 fully saturated rings. The minimum atomic E-state index is -0.0638. The number of fused-ring (bicyclic) bond motifs is 4. The van der Waals surface area contributed by atoms with Crippen molar-refractivity contribution in [3.8, 4) is 0 Å². The van der Waals surface area contributed by atoms with E-state index in [0.717, 1.165) is 35.4 Å². The van der Waals surface area contributed by atoms with Crippen molar-refractivity contribution in [3.63, 3.8) is 0 Å². The summed E-state index contributed by atoms with van der Waals surface area (Å²) in [5.74, 6) is 1.18. The predicted molar refractivity (Wildman–Crippen MR) is 89.5 cm³/mol. The Kier molecular flexibility index (Phi) is 4.53. The summed E-state index contributed by atoms with van der Waals surface area (Å²) >= 11 is 3.44. The molecule has 3 N–H and O–H groups in total. The highest BCUT2D eigenvalue weighted by Gasteiger charge is 2.09. The zero-order chi connectivity index (χ0) is 15.4. The first-order valence-corrected chi connectivity index (χ1v) is 7.93. The molecule has 0 saturated heterocycles. The maximum atomic E-state index is 12.1. The second-order valence-corrected chi connectivity index (χ2v) is 5.84. The molecule has 0 radical (unpaired) electrons. The fraction of sp³-hybridized carbons (Fsp3) is 0.267. The summed E-state index contributed by atoms with van der Waals surface area (Å²) in [5.41, 5.74) is 1.40. The van der Waals surface area contributed by atoms with Crippen LogP contribution in [-0.2, 0) is 0 Å². The number of rotatable bonds is 0. The molecule has 0 atom stereocenters. The minimum Gasteiger partial charge on any atom is -0.369 e. The Hall–Kier alpha value is -2.15. The van der Waals surface area contributed by atoms with Gasteiger partial charge in [-0.05, 0) is 47.0 Å². The molecule has 7 heteroatoms. The first-order valence-electron chi connectivity index (χ1n) is 7.14. The van der Waals surface area contributed by atoms with Gasteiger partial charge in [0.2, 0.25) is 5.95 Å². The number of aromatic nitrogens is 2. The van der Waals surface area contributed by atoms with Crippen LogP contribution in [0.5, 0.6) is 0 Å². The smallest absolute Gasteiger partial charge is 0.251 e. The van der Waals surface area contributed by atoms with Gasteiger partial charge in [-0.3, -0.25) is 4.79 Å². The number of halogens is 1. The Labute approximate surface area is 136 Å². The van der Waals surface area contributed by atoms with Gasteiger partial charge < -0.3 is 16.0 Å². The third-order valence-corrected chi connectivity index (χ3v) is 3.89. The maximum Gasteiger partial charge on any atom is 0.251 e. The molecule has 1 aromatic heterocycles. The van der Waals surface area contributed by atoms with Gasteiger partial charge in [-0.15, -0.1) is 0 Å². The Morgan fingerprint density at radius 3 is 2.82 bits per heavy atom. The molecular formula is C15H16BrN5O. The van der Waals surface area contributed by atoms with E-state index in [1.807, 2.05) is 12.1 Å². The second-order valence-electron chi connectivity index (χ2n) is 4.99. The van der Waals surface area contributed by atoms with Crippen LogP contribution in [0.25, 0.3) is 0 Å². The quantitative estimate of drug-likeness (QED) is 0.672. The number of nitrogens with zero attached hydrogens (tertiary/aromatic N) is 2. The van der Waals surface area contributed by atoms with Crippen molar-refractivity contribution in [2.45, 2.75) is 12.8 Å². The average molecular weight is 362 g/mol. The number of benzene rings is 1. The van der Waals surface area contributed by atoms with Crippen LogP contribution in [0.15, 0.2) is 34.9 Å². The van der Waals surface area contributed by atoms with E-state index in [0.29, 0.717) is 18.1 Å². The standard InChI is InChI=1S/C15H16BrN5O/c16-12-9-19-15-20-11-5-3-4-10(8-11)14(22)18-7-2-1-6-17-13(12)21-15/h3-5,8-9H,1-2,6-7H2,(H,18,22)(H2,17,19,20,21). The summed E-state index contributed by atoms with van der Waals surface area (Å²) in [4.78, 5) is 20.8. The number of amides is 1. The van der Waals surface area contributed by atoms with Crippen molar-refractivity contribution in [1.29, 1.82) is 0 Å². The van der Waals surface area contributed by atoms with Gasteiger partial charge >= 0.3 is 0 Å². The molecule has 0 spiro atoms. The van der Waals surface area contributed by atoms with Crippen molar-refractivity contribution in [2.75, 3.05) is 23.7 Å². The first kappa shape index (κ1) is 14.8. The monoisotopic (exact) mass is 361 g/mol. The lowest BCUT2D eigenvalue weighted by molar-refractivity contribution is 0.0953. The summed E-state index contributed by atoms with van der Waals surface area (Å²) in [6.07, 6.45) is 3.56. The molecular weight excluding hydrogens is 346 g/mol. The fourth-order valence-electron chi connectivity index (χ4n) is 2.18. The van der Waals surface area contributed by atoms with Crippen LogP contribution in [0.3, 0.4) is 0 Å². The van der Waals surface area contributed by atoms with Crippen molar-refractivity contribution >= 4 is 39.3 Å². The van der Waals surface area contributed by atoms with E-state index in [9.17, 15) is 4.79 Å². The van der Waals surface area contributed by atoms with Gasteiger partial charge in [0.1, 0.15) is 5.82 Å². The van der Waals surface area contributed by atoms with Crippen LogP contribution in [0.4, 0.5) is 17.5 Å². The molecule has 1 amide bonds. The number of hydrogen-bond donors (Lipinski definition) is 3. The van der Waals surface area contributed by atoms with Crippen molar-refractivity contribution in [3.05, 3.63) is 40.5 Å². The van der Waals surface area contributed by atoms with E-state index in [4.69, 9.17) is 0 Å². The second kappa shape index (κ2) is 6.74. The maximum absolute atomic E-state index is 12.1. The molecule has 6 nitrogen and oxygen atoms in total. The molecule has 1 aliphatic rings. The van der Waals surface area contributed by atoms with Crippen LogP contribution in [0.1, 0.15) is 23.2 Å². The molecule has 3 rings (SSSR count). The lowest BCUT2D eigenvalue weighted by Crippen LogP contribution is -2.25. The Morgan fingerprint density at radius 2 is 1.95 bits per heavy atom. The van der Waals surface area contributed by atoms with E-state index < -0.39 is 0 Å². The number of carbonyl (C=O) groups excluding carboxylic acids is 1. The highest BCUT2D eigenvalue weighted by atomic mass is 79.9. The third-order valence-electron chi connectivity index (χ3n) is 3.31. The molecule has 114 valence electrons. The lowest BCUT2D eigenvalue weighted by atomic mass is 10.2.